The van der Waals surface area contributed by atoms with Crippen molar-refractivity contribution in [2.24, 2.45) is 0 Å². The van der Waals surface area contributed by atoms with Gasteiger partial charge in [0.1, 0.15) is 0 Å². The van der Waals surface area contributed by atoms with Crippen LogP contribution in [0.1, 0.15) is 31.9 Å². The summed E-state index contributed by atoms with van der Waals surface area (Å²) >= 11 is 3.46. The van der Waals surface area contributed by atoms with Gasteiger partial charge in [-0.3, -0.25) is 0 Å². The first-order valence-corrected chi connectivity index (χ1v) is 7.04. The average molecular weight is 308 g/mol. The molecule has 0 bridgehead atoms. The number of anilines is 1. The molecule has 18 heavy (non-hydrogen) atoms. The molecule has 0 radical (unpaired) electrons. The molecule has 2 aromatic rings. The SMILES string of the molecule is CCCNc1nccn1C(C)c1ccc(Br)cc1. The highest BCUT2D eigenvalue weighted by Crippen LogP contribution is 2.23. The van der Waals surface area contributed by atoms with Gasteiger partial charge in [0.2, 0.25) is 5.95 Å². The fourth-order valence-electron chi connectivity index (χ4n) is 1.90. The summed E-state index contributed by atoms with van der Waals surface area (Å²) in [5.41, 5.74) is 1.27. The maximum atomic E-state index is 4.36. The van der Waals surface area contributed by atoms with Crippen LogP contribution in [0.2, 0.25) is 0 Å². The number of rotatable bonds is 5. The van der Waals surface area contributed by atoms with Crippen molar-refractivity contribution in [2.75, 3.05) is 11.9 Å². The van der Waals surface area contributed by atoms with E-state index in [0.29, 0.717) is 0 Å². The van der Waals surface area contributed by atoms with Crippen LogP contribution in [0.5, 0.6) is 0 Å². The highest BCUT2D eigenvalue weighted by molar-refractivity contribution is 9.10. The molecule has 0 saturated heterocycles. The number of aromatic nitrogens is 2. The predicted molar refractivity (Wildman–Crippen MR) is 79.0 cm³/mol. The van der Waals surface area contributed by atoms with Crippen LogP contribution in [0.3, 0.4) is 0 Å². The van der Waals surface area contributed by atoms with E-state index in [2.05, 4.69) is 68.9 Å². The second kappa shape index (κ2) is 6.05. The Labute approximate surface area is 116 Å². The first kappa shape index (κ1) is 13.1. The Hall–Kier alpha value is -1.29. The molecule has 1 unspecified atom stereocenters. The van der Waals surface area contributed by atoms with Gasteiger partial charge in [-0.05, 0) is 31.0 Å². The second-order valence-electron chi connectivity index (χ2n) is 4.31. The summed E-state index contributed by atoms with van der Waals surface area (Å²) in [6, 6.07) is 8.69. The van der Waals surface area contributed by atoms with Crippen LogP contribution in [-0.2, 0) is 0 Å². The fourth-order valence-corrected chi connectivity index (χ4v) is 2.17. The summed E-state index contributed by atoms with van der Waals surface area (Å²) in [6.07, 6.45) is 4.96. The van der Waals surface area contributed by atoms with Crippen molar-refractivity contribution in [3.63, 3.8) is 0 Å². The number of hydrogen-bond donors (Lipinski definition) is 1. The minimum absolute atomic E-state index is 0.278. The zero-order valence-electron chi connectivity index (χ0n) is 10.7. The minimum atomic E-state index is 0.278. The Morgan fingerprint density at radius 2 is 2.06 bits per heavy atom. The Bertz CT molecular complexity index is 490. The number of nitrogens with one attached hydrogen (secondary N) is 1. The second-order valence-corrected chi connectivity index (χ2v) is 5.23. The summed E-state index contributed by atoms with van der Waals surface area (Å²) in [6.45, 7) is 5.28. The lowest BCUT2D eigenvalue weighted by Crippen LogP contribution is -2.12. The summed E-state index contributed by atoms with van der Waals surface area (Å²) in [5.74, 6) is 0.937. The molecule has 0 aliphatic rings. The maximum Gasteiger partial charge on any atom is 0.203 e. The normalized spacial score (nSPS) is 12.4. The molecule has 0 fully saturated rings. The molecule has 1 atom stereocenters. The van der Waals surface area contributed by atoms with Gasteiger partial charge in [0.15, 0.2) is 0 Å². The smallest absolute Gasteiger partial charge is 0.203 e. The zero-order valence-corrected chi connectivity index (χ0v) is 12.3. The molecular formula is C14H18BrN3. The van der Waals surface area contributed by atoms with E-state index < -0.39 is 0 Å². The van der Waals surface area contributed by atoms with Gasteiger partial charge in [-0.1, -0.05) is 35.0 Å². The van der Waals surface area contributed by atoms with Crippen LogP contribution < -0.4 is 5.32 Å². The van der Waals surface area contributed by atoms with Crippen molar-refractivity contribution < 1.29 is 0 Å². The quantitative estimate of drug-likeness (QED) is 0.902. The van der Waals surface area contributed by atoms with Crippen LogP contribution in [-0.4, -0.2) is 16.1 Å². The lowest BCUT2D eigenvalue weighted by atomic mass is 10.1. The number of benzene rings is 1. The average Bonchev–Trinajstić information content (AvgIpc) is 2.84. The molecule has 0 saturated carbocycles. The Balaban J connectivity index is 2.20. The van der Waals surface area contributed by atoms with Crippen LogP contribution in [0.4, 0.5) is 5.95 Å². The van der Waals surface area contributed by atoms with E-state index in [4.69, 9.17) is 0 Å². The third-order valence-corrected chi connectivity index (χ3v) is 3.50. The third-order valence-electron chi connectivity index (χ3n) is 2.97. The largest absolute Gasteiger partial charge is 0.356 e. The van der Waals surface area contributed by atoms with Crippen LogP contribution in [0.25, 0.3) is 0 Å². The van der Waals surface area contributed by atoms with E-state index in [1.807, 2.05) is 12.4 Å². The van der Waals surface area contributed by atoms with Crippen LogP contribution in [0.15, 0.2) is 41.1 Å². The highest BCUT2D eigenvalue weighted by atomic mass is 79.9. The topological polar surface area (TPSA) is 29.9 Å². The molecule has 0 amide bonds. The van der Waals surface area contributed by atoms with Crippen LogP contribution >= 0.6 is 15.9 Å². The number of nitrogens with zero attached hydrogens (tertiary/aromatic N) is 2. The summed E-state index contributed by atoms with van der Waals surface area (Å²) in [5, 5.41) is 3.35. The molecular weight excluding hydrogens is 290 g/mol. The summed E-state index contributed by atoms with van der Waals surface area (Å²) < 4.78 is 3.27. The van der Waals surface area contributed by atoms with Gasteiger partial charge < -0.3 is 9.88 Å². The predicted octanol–water partition coefficient (Wildman–Crippen LogP) is 4.08. The first-order valence-electron chi connectivity index (χ1n) is 6.24. The monoisotopic (exact) mass is 307 g/mol. The van der Waals surface area contributed by atoms with E-state index in [-0.39, 0.29) is 6.04 Å². The molecule has 0 spiro atoms. The molecule has 3 nitrogen and oxygen atoms in total. The van der Waals surface area contributed by atoms with Gasteiger partial charge >= 0.3 is 0 Å². The van der Waals surface area contributed by atoms with E-state index in [1.54, 1.807) is 0 Å². The molecule has 4 heteroatoms. The molecule has 0 aliphatic carbocycles. The molecule has 96 valence electrons. The highest BCUT2D eigenvalue weighted by Gasteiger charge is 2.11. The summed E-state index contributed by atoms with van der Waals surface area (Å²) in [4.78, 5) is 4.36. The molecule has 1 N–H and O–H groups in total. The maximum absolute atomic E-state index is 4.36. The van der Waals surface area contributed by atoms with E-state index in [1.165, 1.54) is 5.56 Å². The van der Waals surface area contributed by atoms with Crippen molar-refractivity contribution in [3.8, 4) is 0 Å². The van der Waals surface area contributed by atoms with E-state index in [9.17, 15) is 0 Å². The Morgan fingerprint density at radius 3 is 2.72 bits per heavy atom. The van der Waals surface area contributed by atoms with Crippen molar-refractivity contribution >= 4 is 21.9 Å². The molecule has 2 rings (SSSR count). The number of imidazole rings is 1. The van der Waals surface area contributed by atoms with Gasteiger partial charge in [-0.2, -0.15) is 0 Å². The lowest BCUT2D eigenvalue weighted by Gasteiger charge is -2.17. The summed E-state index contributed by atoms with van der Waals surface area (Å²) in [7, 11) is 0. The molecule has 1 aromatic heterocycles. The zero-order chi connectivity index (χ0) is 13.0. The van der Waals surface area contributed by atoms with Gasteiger partial charge in [0, 0.05) is 23.4 Å². The molecule has 1 aromatic carbocycles. The Kier molecular flexibility index (Phi) is 4.42. The van der Waals surface area contributed by atoms with E-state index >= 15 is 0 Å². The van der Waals surface area contributed by atoms with Gasteiger partial charge in [0.25, 0.3) is 0 Å². The van der Waals surface area contributed by atoms with Crippen molar-refractivity contribution in [1.82, 2.24) is 9.55 Å². The minimum Gasteiger partial charge on any atom is -0.356 e. The van der Waals surface area contributed by atoms with Gasteiger partial charge in [0.05, 0.1) is 6.04 Å². The number of hydrogen-bond acceptors (Lipinski definition) is 2. The lowest BCUT2D eigenvalue weighted by molar-refractivity contribution is 0.642. The molecule has 0 aliphatic heterocycles. The third kappa shape index (κ3) is 2.93. The van der Waals surface area contributed by atoms with Crippen LogP contribution in [0, 0.1) is 0 Å². The van der Waals surface area contributed by atoms with Crippen molar-refractivity contribution in [1.29, 1.82) is 0 Å². The standard InChI is InChI=1S/C14H18BrN3/c1-3-8-16-14-17-9-10-18(14)11(2)12-4-6-13(15)7-5-12/h4-7,9-11H,3,8H2,1-2H3,(H,16,17). The fraction of sp³-hybridized carbons (Fsp3) is 0.357. The Morgan fingerprint density at radius 1 is 1.33 bits per heavy atom. The van der Waals surface area contributed by atoms with Crippen molar-refractivity contribution in [3.05, 3.63) is 46.7 Å². The number of halogens is 1. The van der Waals surface area contributed by atoms with Gasteiger partial charge in [-0.25, -0.2) is 4.98 Å². The van der Waals surface area contributed by atoms with Gasteiger partial charge in [-0.15, -0.1) is 0 Å². The van der Waals surface area contributed by atoms with E-state index in [0.717, 1.165) is 23.4 Å². The first-order chi connectivity index (χ1) is 8.72. The van der Waals surface area contributed by atoms with Crippen molar-refractivity contribution in [2.45, 2.75) is 26.3 Å². The molecule has 1 heterocycles.